The number of aromatic amines is 1. The number of nitrogens with zero attached hydrogens (tertiary/aromatic N) is 3. The Morgan fingerprint density at radius 1 is 1.19 bits per heavy atom. The molecule has 0 spiro atoms. The third kappa shape index (κ3) is 3.52. The Labute approximate surface area is 154 Å². The summed E-state index contributed by atoms with van der Waals surface area (Å²) in [6.07, 6.45) is 1.27. The summed E-state index contributed by atoms with van der Waals surface area (Å²) in [6.45, 7) is 0.385. The number of rotatable bonds is 6. The molecule has 140 valence electrons. The van der Waals surface area contributed by atoms with Crippen LogP contribution in [-0.2, 0) is 6.54 Å². The highest BCUT2D eigenvalue weighted by Crippen LogP contribution is 2.33. The van der Waals surface area contributed by atoms with Crippen molar-refractivity contribution in [1.29, 1.82) is 0 Å². The van der Waals surface area contributed by atoms with Crippen molar-refractivity contribution in [3.63, 3.8) is 0 Å². The van der Waals surface area contributed by atoms with Gasteiger partial charge in [-0.2, -0.15) is 0 Å². The van der Waals surface area contributed by atoms with Gasteiger partial charge in [0.2, 0.25) is 0 Å². The van der Waals surface area contributed by atoms with Crippen molar-refractivity contribution in [2.24, 2.45) is 0 Å². The molecule has 0 fully saturated rings. The van der Waals surface area contributed by atoms with Gasteiger partial charge >= 0.3 is 0 Å². The fourth-order valence-electron chi connectivity index (χ4n) is 2.88. The molecule has 0 aliphatic heterocycles. The van der Waals surface area contributed by atoms with Gasteiger partial charge in [0, 0.05) is 19.7 Å². The Balaban J connectivity index is 2.02. The molecule has 9 nitrogen and oxygen atoms in total. The summed E-state index contributed by atoms with van der Waals surface area (Å²) in [5.41, 5.74) is 1.04. The number of hydrogen-bond donors (Lipinski definition) is 1. The number of hydrogen-bond acceptors (Lipinski definition) is 7. The Bertz CT molecular complexity index is 1060. The third-order valence-electron chi connectivity index (χ3n) is 4.21. The number of aromatic nitrogens is 2. The molecule has 0 bridgehead atoms. The van der Waals surface area contributed by atoms with Gasteiger partial charge in [-0.3, -0.25) is 14.9 Å². The first-order chi connectivity index (χ1) is 12.9. The first-order valence-corrected chi connectivity index (χ1v) is 8.02. The van der Waals surface area contributed by atoms with E-state index in [4.69, 9.17) is 9.47 Å². The van der Waals surface area contributed by atoms with Crippen molar-refractivity contribution in [2.45, 2.75) is 6.54 Å². The van der Waals surface area contributed by atoms with Crippen LogP contribution in [0.1, 0.15) is 5.56 Å². The third-order valence-corrected chi connectivity index (χ3v) is 4.21. The number of nitrogens with one attached hydrogen (secondary N) is 1. The summed E-state index contributed by atoms with van der Waals surface area (Å²) < 4.78 is 10.5. The van der Waals surface area contributed by atoms with E-state index < -0.39 is 10.5 Å². The largest absolute Gasteiger partial charge is 0.493 e. The number of H-pyrrole nitrogens is 1. The molecule has 1 heterocycles. The molecule has 0 radical (unpaired) electrons. The SMILES string of the molecule is COc1ccc(CN(C)c2cc3nc[nH]c(=O)c3cc2[N+](=O)[O-])cc1OC. The lowest BCUT2D eigenvalue weighted by molar-refractivity contribution is -0.384. The average molecular weight is 370 g/mol. The molecule has 1 aromatic heterocycles. The molecule has 0 atom stereocenters. The maximum Gasteiger partial charge on any atom is 0.293 e. The van der Waals surface area contributed by atoms with Crippen LogP contribution < -0.4 is 19.9 Å². The molecule has 0 aliphatic carbocycles. The van der Waals surface area contributed by atoms with E-state index >= 15 is 0 Å². The van der Waals surface area contributed by atoms with Crippen LogP contribution in [0.5, 0.6) is 11.5 Å². The van der Waals surface area contributed by atoms with Crippen LogP contribution in [0.3, 0.4) is 0 Å². The van der Waals surface area contributed by atoms with E-state index in [1.165, 1.54) is 12.4 Å². The summed E-state index contributed by atoms with van der Waals surface area (Å²) >= 11 is 0. The Morgan fingerprint density at radius 3 is 2.59 bits per heavy atom. The van der Waals surface area contributed by atoms with Gasteiger partial charge < -0.3 is 19.4 Å². The smallest absolute Gasteiger partial charge is 0.293 e. The molecule has 0 unspecified atom stereocenters. The highest BCUT2D eigenvalue weighted by Gasteiger charge is 2.20. The van der Waals surface area contributed by atoms with Crippen molar-refractivity contribution in [3.8, 4) is 11.5 Å². The number of nitro benzene ring substituents is 1. The second-order valence-corrected chi connectivity index (χ2v) is 5.89. The Hall–Kier alpha value is -3.62. The van der Waals surface area contributed by atoms with Crippen molar-refractivity contribution >= 4 is 22.3 Å². The summed E-state index contributed by atoms with van der Waals surface area (Å²) in [6, 6.07) is 8.24. The molecule has 9 heteroatoms. The van der Waals surface area contributed by atoms with Crippen molar-refractivity contribution in [3.05, 3.63) is 62.7 Å². The molecular weight excluding hydrogens is 352 g/mol. The predicted molar refractivity (Wildman–Crippen MR) is 101 cm³/mol. The first kappa shape index (κ1) is 18.2. The summed E-state index contributed by atoms with van der Waals surface area (Å²) in [7, 11) is 4.83. The van der Waals surface area contributed by atoms with Crippen molar-refractivity contribution in [1.82, 2.24) is 9.97 Å². The topological polar surface area (TPSA) is 111 Å². The van der Waals surface area contributed by atoms with Gasteiger partial charge in [0.25, 0.3) is 11.2 Å². The molecule has 0 amide bonds. The molecule has 3 aromatic rings. The van der Waals surface area contributed by atoms with E-state index in [9.17, 15) is 14.9 Å². The second kappa shape index (κ2) is 7.32. The van der Waals surface area contributed by atoms with E-state index in [2.05, 4.69) is 9.97 Å². The molecule has 0 aliphatic rings. The van der Waals surface area contributed by atoms with Gasteiger partial charge in [-0.15, -0.1) is 0 Å². The number of fused-ring (bicyclic) bond motifs is 1. The molecular formula is C18H18N4O5. The van der Waals surface area contributed by atoms with Gasteiger partial charge in [0.15, 0.2) is 11.5 Å². The molecule has 0 saturated carbocycles. The number of nitro groups is 1. The zero-order valence-corrected chi connectivity index (χ0v) is 15.1. The van der Waals surface area contributed by atoms with Gasteiger partial charge in [-0.25, -0.2) is 4.98 Å². The van der Waals surface area contributed by atoms with Crippen LogP contribution >= 0.6 is 0 Å². The lowest BCUT2D eigenvalue weighted by Crippen LogP contribution is -2.18. The van der Waals surface area contributed by atoms with Crippen molar-refractivity contribution < 1.29 is 14.4 Å². The van der Waals surface area contributed by atoms with Gasteiger partial charge in [-0.05, 0) is 23.8 Å². The van der Waals surface area contributed by atoms with E-state index in [1.54, 1.807) is 38.3 Å². The zero-order valence-electron chi connectivity index (χ0n) is 15.1. The monoisotopic (exact) mass is 370 g/mol. The maximum absolute atomic E-state index is 11.9. The van der Waals surface area contributed by atoms with E-state index in [1.807, 2.05) is 12.1 Å². The zero-order chi connectivity index (χ0) is 19.6. The number of ether oxygens (including phenoxy) is 2. The molecule has 27 heavy (non-hydrogen) atoms. The van der Waals surface area contributed by atoms with Crippen LogP contribution in [0.25, 0.3) is 10.9 Å². The fourth-order valence-corrected chi connectivity index (χ4v) is 2.88. The number of methoxy groups -OCH3 is 2. The van der Waals surface area contributed by atoms with Crippen molar-refractivity contribution in [2.75, 3.05) is 26.2 Å². The van der Waals surface area contributed by atoms with E-state index in [0.29, 0.717) is 29.2 Å². The molecule has 0 saturated heterocycles. The normalized spacial score (nSPS) is 10.6. The fraction of sp³-hybridized carbons (Fsp3) is 0.222. The Morgan fingerprint density at radius 2 is 1.93 bits per heavy atom. The summed E-state index contributed by atoms with van der Waals surface area (Å²) in [4.78, 5) is 31.2. The van der Waals surface area contributed by atoms with Crippen LogP contribution in [0.4, 0.5) is 11.4 Å². The lowest BCUT2D eigenvalue weighted by atomic mass is 10.1. The van der Waals surface area contributed by atoms with Gasteiger partial charge in [-0.1, -0.05) is 6.07 Å². The van der Waals surface area contributed by atoms with Crippen LogP contribution in [0.15, 0.2) is 41.5 Å². The summed E-state index contributed by atoms with van der Waals surface area (Å²) in [5, 5.41) is 11.7. The number of benzene rings is 2. The van der Waals surface area contributed by atoms with E-state index in [0.717, 1.165) is 5.56 Å². The average Bonchev–Trinajstić information content (AvgIpc) is 2.67. The maximum atomic E-state index is 11.9. The van der Waals surface area contributed by atoms with Crippen LogP contribution in [0, 0.1) is 10.1 Å². The minimum Gasteiger partial charge on any atom is -0.493 e. The second-order valence-electron chi connectivity index (χ2n) is 5.89. The minimum atomic E-state index is -0.508. The highest BCUT2D eigenvalue weighted by molar-refractivity contribution is 5.86. The van der Waals surface area contributed by atoms with Gasteiger partial charge in [0.1, 0.15) is 5.69 Å². The first-order valence-electron chi connectivity index (χ1n) is 8.02. The quantitative estimate of drug-likeness (QED) is 0.524. The summed E-state index contributed by atoms with van der Waals surface area (Å²) in [5.74, 6) is 1.17. The van der Waals surface area contributed by atoms with Crippen LogP contribution in [-0.4, -0.2) is 36.2 Å². The Kier molecular flexibility index (Phi) is 4.93. The minimum absolute atomic E-state index is 0.163. The molecule has 2 aromatic carbocycles. The number of anilines is 1. The molecule has 3 rings (SSSR count). The lowest BCUT2D eigenvalue weighted by Gasteiger charge is -2.20. The van der Waals surface area contributed by atoms with Crippen LogP contribution in [0.2, 0.25) is 0 Å². The predicted octanol–water partition coefficient (Wildman–Crippen LogP) is 2.48. The highest BCUT2D eigenvalue weighted by atomic mass is 16.6. The van der Waals surface area contributed by atoms with Gasteiger partial charge in [0.05, 0.1) is 36.4 Å². The van der Waals surface area contributed by atoms with E-state index in [-0.39, 0.29) is 11.1 Å². The standard InChI is InChI=1S/C18H18N4O5/c1-21(9-11-4-5-16(26-2)17(6-11)27-3)14-8-13-12(7-15(14)22(24)25)18(23)20-10-19-13/h4-8,10H,9H2,1-3H3,(H,19,20,23). The molecule has 1 N–H and O–H groups in total.